The van der Waals surface area contributed by atoms with E-state index in [9.17, 15) is 0 Å². The van der Waals surface area contributed by atoms with Gasteiger partial charge in [0.25, 0.3) is 0 Å². The maximum absolute atomic E-state index is 5.27. The third kappa shape index (κ3) is 2.91. The molecule has 1 aliphatic rings. The van der Waals surface area contributed by atoms with Gasteiger partial charge in [0.05, 0.1) is 0 Å². The standard InChI is InChI=1S/C22H19OSe/c1-23-19-13-11-17(12-14-19)15-22-21-10-6-5-7-18(21)16-24(22)20-8-3-2-4-9-20/h2-15H,16H2,1H3/q+1/b22-15+. The Kier molecular flexibility index (Phi) is 4.25. The van der Waals surface area contributed by atoms with Crippen molar-refractivity contribution in [2.75, 3.05) is 7.11 Å². The zero-order valence-corrected chi connectivity index (χ0v) is 15.3. The van der Waals surface area contributed by atoms with Gasteiger partial charge in [0.1, 0.15) is 0 Å². The zero-order chi connectivity index (χ0) is 16.4. The molecule has 0 radical (unpaired) electrons. The Morgan fingerprint density at radius 2 is 1.54 bits per heavy atom. The van der Waals surface area contributed by atoms with E-state index in [0.29, 0.717) is 0 Å². The van der Waals surface area contributed by atoms with Crippen molar-refractivity contribution in [3.05, 3.63) is 95.6 Å². The second-order valence-corrected chi connectivity index (χ2v) is 9.94. The Labute approximate surface area is 147 Å². The van der Waals surface area contributed by atoms with Crippen molar-refractivity contribution in [1.29, 1.82) is 0 Å². The van der Waals surface area contributed by atoms with Gasteiger partial charge in [0.15, 0.2) is 0 Å². The van der Waals surface area contributed by atoms with Crippen molar-refractivity contribution in [3.8, 4) is 5.75 Å². The first-order valence-electron chi connectivity index (χ1n) is 8.05. The molecule has 0 saturated carbocycles. The van der Waals surface area contributed by atoms with Gasteiger partial charge < -0.3 is 0 Å². The number of hydrogen-bond acceptors (Lipinski definition) is 1. The molecule has 118 valence electrons. The fraction of sp³-hybridized carbons (Fsp3) is 0.0909. The van der Waals surface area contributed by atoms with E-state index in [-0.39, 0.29) is 0 Å². The van der Waals surface area contributed by atoms with Gasteiger partial charge in [-0.2, -0.15) is 0 Å². The normalized spacial score (nSPS) is 17.7. The molecule has 1 heterocycles. The summed E-state index contributed by atoms with van der Waals surface area (Å²) in [5.74, 6) is 0.902. The monoisotopic (exact) mass is 379 g/mol. The van der Waals surface area contributed by atoms with Gasteiger partial charge in [0.2, 0.25) is 0 Å². The van der Waals surface area contributed by atoms with Crippen LogP contribution in [0.25, 0.3) is 10.5 Å². The van der Waals surface area contributed by atoms with Gasteiger partial charge in [-0.25, -0.2) is 0 Å². The van der Waals surface area contributed by atoms with Gasteiger partial charge in [-0.15, -0.1) is 0 Å². The molecule has 1 nitrogen and oxygen atoms in total. The summed E-state index contributed by atoms with van der Waals surface area (Å²) in [5.41, 5.74) is 4.17. The molecule has 0 spiro atoms. The summed E-state index contributed by atoms with van der Waals surface area (Å²) >= 11 is -1.04. The second-order valence-electron chi connectivity index (χ2n) is 5.79. The SMILES string of the molecule is COc1ccc(/C=C2\c3ccccc3C[Se+]2c2ccccc2)cc1. The molecule has 0 aliphatic carbocycles. The molecule has 4 rings (SSSR count). The van der Waals surface area contributed by atoms with Gasteiger partial charge in [-0.3, -0.25) is 0 Å². The van der Waals surface area contributed by atoms with Crippen LogP contribution in [0, 0.1) is 0 Å². The Hall–Kier alpha value is -2.28. The molecule has 1 unspecified atom stereocenters. The van der Waals surface area contributed by atoms with Crippen LogP contribution in [0.1, 0.15) is 16.7 Å². The van der Waals surface area contributed by atoms with E-state index in [1.165, 1.54) is 30.9 Å². The van der Waals surface area contributed by atoms with Gasteiger partial charge in [0, 0.05) is 0 Å². The van der Waals surface area contributed by atoms with Crippen molar-refractivity contribution < 1.29 is 4.74 Å². The quantitative estimate of drug-likeness (QED) is 0.619. The van der Waals surface area contributed by atoms with E-state index < -0.39 is 13.9 Å². The zero-order valence-electron chi connectivity index (χ0n) is 13.6. The van der Waals surface area contributed by atoms with Crippen molar-refractivity contribution in [2.45, 2.75) is 5.32 Å². The summed E-state index contributed by atoms with van der Waals surface area (Å²) in [7, 11) is 1.71. The summed E-state index contributed by atoms with van der Waals surface area (Å²) in [6.45, 7) is 0. The Morgan fingerprint density at radius 3 is 2.29 bits per heavy atom. The molecular weight excluding hydrogens is 359 g/mol. The first kappa shape index (κ1) is 15.3. The second kappa shape index (κ2) is 6.68. The van der Waals surface area contributed by atoms with Crippen LogP contribution in [-0.4, -0.2) is 21.0 Å². The molecule has 0 bridgehead atoms. The number of rotatable bonds is 3. The molecule has 3 aromatic rings. The molecule has 0 amide bonds. The molecule has 1 atom stereocenters. The van der Waals surface area contributed by atoms with Crippen molar-refractivity contribution in [3.63, 3.8) is 0 Å². The van der Waals surface area contributed by atoms with E-state index in [2.05, 4.69) is 72.8 Å². The molecular formula is C22H19OSe+. The molecule has 0 fully saturated rings. The van der Waals surface area contributed by atoms with Crippen molar-refractivity contribution in [1.82, 2.24) is 0 Å². The van der Waals surface area contributed by atoms with E-state index >= 15 is 0 Å². The molecule has 2 heteroatoms. The number of fused-ring (bicyclic) bond motifs is 1. The molecule has 0 saturated heterocycles. The van der Waals surface area contributed by atoms with E-state index in [4.69, 9.17) is 4.74 Å². The number of ether oxygens (including phenoxy) is 1. The minimum absolute atomic E-state index is 0.902. The molecule has 24 heavy (non-hydrogen) atoms. The first-order valence-corrected chi connectivity index (χ1v) is 11.0. The van der Waals surface area contributed by atoms with Crippen LogP contribution in [-0.2, 0) is 5.32 Å². The molecule has 0 aromatic heterocycles. The Balaban J connectivity index is 1.79. The fourth-order valence-electron chi connectivity index (χ4n) is 3.05. The van der Waals surface area contributed by atoms with Crippen LogP contribution in [0.4, 0.5) is 0 Å². The summed E-state index contributed by atoms with van der Waals surface area (Å²) in [6.07, 6.45) is 2.38. The van der Waals surface area contributed by atoms with Gasteiger partial charge >= 0.3 is 147 Å². The molecule has 1 aliphatic heterocycles. The van der Waals surface area contributed by atoms with Gasteiger partial charge in [-0.05, 0) is 0 Å². The van der Waals surface area contributed by atoms with Crippen molar-refractivity contribution >= 4 is 28.9 Å². The van der Waals surface area contributed by atoms with Crippen LogP contribution >= 0.6 is 0 Å². The van der Waals surface area contributed by atoms with E-state index in [1.807, 2.05) is 12.1 Å². The number of hydrogen-bond donors (Lipinski definition) is 0. The predicted molar refractivity (Wildman–Crippen MR) is 103 cm³/mol. The van der Waals surface area contributed by atoms with Crippen molar-refractivity contribution in [2.24, 2.45) is 0 Å². The summed E-state index contributed by atoms with van der Waals surface area (Å²) in [4.78, 5) is 0. The van der Waals surface area contributed by atoms with E-state index in [1.54, 1.807) is 7.11 Å². The summed E-state index contributed by atoms with van der Waals surface area (Å²) in [6, 6.07) is 28.2. The van der Waals surface area contributed by atoms with Gasteiger partial charge in [-0.1, -0.05) is 0 Å². The Bertz CT molecular complexity index is 866. The number of methoxy groups -OCH3 is 1. The minimum atomic E-state index is -1.04. The van der Waals surface area contributed by atoms with E-state index in [0.717, 1.165) is 5.75 Å². The summed E-state index contributed by atoms with van der Waals surface area (Å²) < 4.78 is 8.31. The third-order valence-corrected chi connectivity index (χ3v) is 9.14. The average molecular weight is 378 g/mol. The number of benzene rings is 3. The molecule has 0 N–H and O–H groups in total. The van der Waals surface area contributed by atoms with Crippen LogP contribution in [0.2, 0.25) is 0 Å². The maximum atomic E-state index is 5.27. The topological polar surface area (TPSA) is 9.23 Å². The predicted octanol–water partition coefficient (Wildman–Crippen LogP) is 4.27. The first-order chi connectivity index (χ1) is 11.8. The summed E-state index contributed by atoms with van der Waals surface area (Å²) in [5, 5.41) is 1.20. The fourth-order valence-corrected chi connectivity index (χ4v) is 8.02. The van der Waals surface area contributed by atoms with Crippen LogP contribution < -0.4 is 9.20 Å². The molecule has 3 aromatic carbocycles. The average Bonchev–Trinajstić information content (AvgIpc) is 3.02. The van der Waals surface area contributed by atoms with Crippen LogP contribution in [0.5, 0.6) is 5.75 Å². The Morgan fingerprint density at radius 1 is 0.833 bits per heavy atom. The van der Waals surface area contributed by atoms with Crippen LogP contribution in [0.3, 0.4) is 0 Å². The third-order valence-electron chi connectivity index (χ3n) is 4.29. The van der Waals surface area contributed by atoms with Crippen LogP contribution in [0.15, 0.2) is 78.9 Å².